The summed E-state index contributed by atoms with van der Waals surface area (Å²) in [5.74, 6) is -0.127. The summed E-state index contributed by atoms with van der Waals surface area (Å²) < 4.78 is 1.05. The quantitative estimate of drug-likeness (QED) is 0.472. The van der Waals surface area contributed by atoms with Gasteiger partial charge in [-0.05, 0) is 38.1 Å². The number of carbonyl (C=O) groups is 1. The van der Waals surface area contributed by atoms with Gasteiger partial charge in [-0.25, -0.2) is 9.99 Å². The number of thiazole rings is 1. The Kier molecular flexibility index (Phi) is 3.58. The lowest BCUT2D eigenvalue weighted by atomic mass is 9.88. The van der Waals surface area contributed by atoms with E-state index in [0.717, 1.165) is 21.6 Å². The van der Waals surface area contributed by atoms with Crippen LogP contribution in [0.3, 0.4) is 0 Å². The molecule has 5 nitrogen and oxygen atoms in total. The van der Waals surface area contributed by atoms with Crippen LogP contribution in [0, 0.1) is 6.92 Å². The molecule has 136 valence electrons. The number of nitrogens with zero attached hydrogens (tertiary/aromatic N) is 4. The number of fused-ring (bicyclic) bond motifs is 1. The standard InChI is InChI=1S/C20H17ClN4OS/c1-12-7-9-14(10-8-12)25-20(11-13(2)23-25)17(21)18(26)24(20)19-22-15-5-3-4-6-16(15)27-19/h3-10,17H,11H2,1-2H3/t17-,20+/m1/s1. The molecule has 1 amide bonds. The number of hydrogen-bond acceptors (Lipinski definition) is 5. The molecule has 0 radical (unpaired) electrons. The van der Waals surface area contributed by atoms with Crippen LogP contribution in [-0.4, -0.2) is 27.6 Å². The molecule has 1 fully saturated rings. The third-order valence-electron chi connectivity index (χ3n) is 5.14. The monoisotopic (exact) mass is 396 g/mol. The normalized spacial score (nSPS) is 24.6. The number of amides is 1. The van der Waals surface area contributed by atoms with Crippen molar-refractivity contribution in [2.45, 2.75) is 31.3 Å². The summed E-state index contributed by atoms with van der Waals surface area (Å²) in [6.07, 6.45) is 0.594. The zero-order chi connectivity index (χ0) is 18.8. The predicted molar refractivity (Wildman–Crippen MR) is 111 cm³/mol. The third-order valence-corrected chi connectivity index (χ3v) is 6.69. The van der Waals surface area contributed by atoms with E-state index in [1.807, 2.05) is 67.4 Å². The number of β-lactam (4-membered cyclic amide) rings is 1. The van der Waals surface area contributed by atoms with E-state index in [1.54, 1.807) is 4.90 Å². The Labute approximate surface area is 165 Å². The molecular formula is C20H17ClN4OS. The first kappa shape index (κ1) is 16.7. The fourth-order valence-electron chi connectivity index (χ4n) is 3.85. The largest absolute Gasteiger partial charge is 0.272 e. The topological polar surface area (TPSA) is 48.8 Å². The lowest BCUT2D eigenvalue weighted by Gasteiger charge is -2.55. The maximum absolute atomic E-state index is 12.8. The number of carbonyl (C=O) groups excluding carboxylic acids is 1. The highest BCUT2D eigenvalue weighted by Crippen LogP contribution is 2.51. The van der Waals surface area contributed by atoms with Gasteiger partial charge in [0.15, 0.2) is 16.2 Å². The van der Waals surface area contributed by atoms with Gasteiger partial charge in [-0.15, -0.1) is 11.6 Å². The summed E-state index contributed by atoms with van der Waals surface area (Å²) in [5.41, 5.74) is 3.17. The number of anilines is 2. The van der Waals surface area contributed by atoms with Crippen LogP contribution in [0.1, 0.15) is 18.9 Å². The number of alkyl halides is 1. The minimum Gasteiger partial charge on any atom is -0.272 e. The molecule has 5 rings (SSSR count). The third kappa shape index (κ3) is 2.26. The van der Waals surface area contributed by atoms with Crippen molar-refractivity contribution < 1.29 is 4.79 Å². The van der Waals surface area contributed by atoms with E-state index in [0.29, 0.717) is 11.6 Å². The second-order valence-electron chi connectivity index (χ2n) is 7.04. The molecule has 2 aliphatic rings. The van der Waals surface area contributed by atoms with E-state index in [1.165, 1.54) is 16.9 Å². The van der Waals surface area contributed by atoms with Crippen LogP contribution in [0.15, 0.2) is 53.6 Å². The second-order valence-corrected chi connectivity index (χ2v) is 8.48. The van der Waals surface area contributed by atoms with Gasteiger partial charge < -0.3 is 0 Å². The molecule has 0 saturated carbocycles. The molecule has 2 atom stereocenters. The van der Waals surface area contributed by atoms with E-state index in [2.05, 4.69) is 0 Å². The molecule has 1 spiro atoms. The first-order chi connectivity index (χ1) is 13.0. The first-order valence-electron chi connectivity index (χ1n) is 8.75. The number of hydrazone groups is 1. The van der Waals surface area contributed by atoms with Crippen molar-refractivity contribution in [1.29, 1.82) is 0 Å². The maximum Gasteiger partial charge on any atom is 0.253 e. The Morgan fingerprint density at radius 3 is 2.63 bits per heavy atom. The number of para-hydroxylation sites is 1. The number of benzene rings is 2. The molecule has 3 heterocycles. The summed E-state index contributed by atoms with van der Waals surface area (Å²) in [7, 11) is 0. The van der Waals surface area contributed by atoms with Gasteiger partial charge in [-0.3, -0.25) is 9.69 Å². The van der Waals surface area contributed by atoms with Gasteiger partial charge >= 0.3 is 0 Å². The Bertz CT molecular complexity index is 1060. The summed E-state index contributed by atoms with van der Waals surface area (Å²) in [6.45, 7) is 4.02. The second kappa shape index (κ2) is 5.78. The molecule has 1 saturated heterocycles. The zero-order valence-corrected chi connectivity index (χ0v) is 16.5. The highest BCUT2D eigenvalue weighted by molar-refractivity contribution is 7.22. The molecule has 27 heavy (non-hydrogen) atoms. The zero-order valence-electron chi connectivity index (χ0n) is 14.9. The highest BCUT2D eigenvalue weighted by atomic mass is 35.5. The summed E-state index contributed by atoms with van der Waals surface area (Å²) in [4.78, 5) is 19.2. The summed E-state index contributed by atoms with van der Waals surface area (Å²) in [5, 5.41) is 6.62. The van der Waals surface area contributed by atoms with E-state index in [9.17, 15) is 4.79 Å². The number of halogens is 1. The molecule has 2 aliphatic heterocycles. The number of aromatic nitrogens is 1. The predicted octanol–water partition coefficient (Wildman–Crippen LogP) is 4.54. The number of hydrogen-bond donors (Lipinski definition) is 0. The summed E-state index contributed by atoms with van der Waals surface area (Å²) in [6, 6.07) is 16.0. The van der Waals surface area contributed by atoms with Gasteiger partial charge in [0.2, 0.25) is 0 Å². The van der Waals surface area contributed by atoms with Crippen molar-refractivity contribution >= 4 is 55.6 Å². The van der Waals surface area contributed by atoms with E-state index in [4.69, 9.17) is 21.7 Å². The van der Waals surface area contributed by atoms with Crippen molar-refractivity contribution in [2.75, 3.05) is 9.91 Å². The van der Waals surface area contributed by atoms with E-state index >= 15 is 0 Å². The van der Waals surface area contributed by atoms with Crippen molar-refractivity contribution in [1.82, 2.24) is 4.98 Å². The van der Waals surface area contributed by atoms with Gasteiger partial charge in [0.05, 0.1) is 15.9 Å². The lowest BCUT2D eigenvalue weighted by molar-refractivity contribution is -0.126. The van der Waals surface area contributed by atoms with Crippen LogP contribution in [0.4, 0.5) is 10.8 Å². The van der Waals surface area contributed by atoms with Gasteiger partial charge in [-0.2, -0.15) is 5.10 Å². The SMILES string of the molecule is CC1=NN(c2ccc(C)cc2)[C@@]2(C1)[C@H](Cl)C(=O)N2c1nc2ccccc2s1. The maximum atomic E-state index is 12.8. The Hall–Kier alpha value is -2.44. The molecule has 0 unspecified atom stereocenters. The minimum atomic E-state index is -0.744. The molecule has 0 aliphatic carbocycles. The molecule has 3 aromatic rings. The van der Waals surface area contributed by atoms with Crippen LogP contribution in [0.25, 0.3) is 10.2 Å². The van der Waals surface area contributed by atoms with Crippen molar-refractivity contribution in [2.24, 2.45) is 5.10 Å². The van der Waals surface area contributed by atoms with Gasteiger partial charge in [0, 0.05) is 12.1 Å². The molecular weight excluding hydrogens is 380 g/mol. The average Bonchev–Trinajstić information content (AvgIpc) is 3.24. The first-order valence-corrected chi connectivity index (χ1v) is 10.0. The number of aryl methyl sites for hydroxylation is 1. The lowest BCUT2D eigenvalue weighted by Crippen LogP contribution is -2.78. The summed E-state index contributed by atoms with van der Waals surface area (Å²) >= 11 is 8.12. The van der Waals surface area contributed by atoms with Crippen LogP contribution in [0.2, 0.25) is 0 Å². The van der Waals surface area contributed by atoms with Crippen molar-refractivity contribution in [3.63, 3.8) is 0 Å². The molecule has 1 aromatic heterocycles. The van der Waals surface area contributed by atoms with Gasteiger partial charge in [0.25, 0.3) is 5.91 Å². The average molecular weight is 397 g/mol. The van der Waals surface area contributed by atoms with Crippen LogP contribution in [0.5, 0.6) is 0 Å². The minimum absolute atomic E-state index is 0.127. The smallest absolute Gasteiger partial charge is 0.253 e. The van der Waals surface area contributed by atoms with E-state index in [-0.39, 0.29) is 5.91 Å². The number of rotatable bonds is 2. The Morgan fingerprint density at radius 2 is 1.89 bits per heavy atom. The molecule has 0 bridgehead atoms. The molecule has 7 heteroatoms. The van der Waals surface area contributed by atoms with Crippen LogP contribution < -0.4 is 9.91 Å². The van der Waals surface area contributed by atoms with Crippen molar-refractivity contribution in [3.05, 3.63) is 54.1 Å². The van der Waals surface area contributed by atoms with Gasteiger partial charge in [-0.1, -0.05) is 41.2 Å². The molecule has 0 N–H and O–H groups in total. The molecule has 2 aromatic carbocycles. The van der Waals surface area contributed by atoms with Crippen LogP contribution >= 0.6 is 22.9 Å². The fraction of sp³-hybridized carbons (Fsp3) is 0.250. The Morgan fingerprint density at radius 1 is 1.15 bits per heavy atom. The fourth-order valence-corrected chi connectivity index (χ4v) is 5.26. The Balaban J connectivity index is 1.63. The van der Waals surface area contributed by atoms with Crippen molar-refractivity contribution in [3.8, 4) is 0 Å². The highest BCUT2D eigenvalue weighted by Gasteiger charge is 2.67. The van der Waals surface area contributed by atoms with E-state index < -0.39 is 11.0 Å². The van der Waals surface area contributed by atoms with Crippen LogP contribution in [-0.2, 0) is 4.79 Å². The van der Waals surface area contributed by atoms with Gasteiger partial charge in [0.1, 0.15) is 0 Å².